The first-order valence-corrected chi connectivity index (χ1v) is 9.05. The summed E-state index contributed by atoms with van der Waals surface area (Å²) < 4.78 is 5.47. The topological polar surface area (TPSA) is 78.5 Å². The zero-order valence-electron chi connectivity index (χ0n) is 15.0. The van der Waals surface area contributed by atoms with Gasteiger partial charge in [0.15, 0.2) is 0 Å². The number of nitrogens with zero attached hydrogens (tertiary/aromatic N) is 3. The van der Waals surface area contributed by atoms with Crippen LogP contribution in [0.1, 0.15) is 30.8 Å². The largest absolute Gasteiger partial charge is 0.379 e. The minimum absolute atomic E-state index is 0.0807. The van der Waals surface area contributed by atoms with Crippen molar-refractivity contribution in [1.82, 2.24) is 20.0 Å². The molecule has 1 aromatic rings. The van der Waals surface area contributed by atoms with E-state index in [1.165, 1.54) is 12.1 Å². The number of aromatic amines is 1. The van der Waals surface area contributed by atoms with Crippen molar-refractivity contribution in [3.05, 3.63) is 28.2 Å². The van der Waals surface area contributed by atoms with E-state index in [-0.39, 0.29) is 22.3 Å². The third kappa shape index (κ3) is 2.89. The summed E-state index contributed by atoms with van der Waals surface area (Å²) in [5.74, 6) is 0.428. The molecule has 7 heteroatoms. The molecule has 1 aliphatic carbocycles. The molecule has 1 amide bonds. The molecular weight excluding hydrogens is 320 g/mol. The molecule has 7 nitrogen and oxygen atoms in total. The number of fused-ring (bicyclic) bond motifs is 1. The molecule has 25 heavy (non-hydrogen) atoms. The number of hydrogen-bond acceptors (Lipinski definition) is 5. The Morgan fingerprint density at radius 3 is 2.76 bits per heavy atom. The van der Waals surface area contributed by atoms with Gasteiger partial charge in [0.25, 0.3) is 11.5 Å². The number of nitrogens with one attached hydrogen (secondary N) is 1. The number of ether oxygens (including phenoxy) is 1. The highest BCUT2D eigenvalue weighted by Crippen LogP contribution is 2.63. The van der Waals surface area contributed by atoms with Crippen molar-refractivity contribution in [2.45, 2.75) is 20.3 Å². The summed E-state index contributed by atoms with van der Waals surface area (Å²) in [7, 11) is 0. The zero-order chi connectivity index (χ0) is 17.7. The molecule has 1 aromatic heterocycles. The molecule has 3 fully saturated rings. The van der Waals surface area contributed by atoms with E-state index in [0.29, 0.717) is 11.6 Å². The van der Waals surface area contributed by atoms with E-state index in [4.69, 9.17) is 4.74 Å². The van der Waals surface area contributed by atoms with Gasteiger partial charge in [-0.05, 0) is 23.8 Å². The normalized spacial score (nSPS) is 31.4. The van der Waals surface area contributed by atoms with E-state index in [1.54, 1.807) is 0 Å². The first-order valence-electron chi connectivity index (χ1n) is 9.05. The standard InChI is InChI=1S/C18H26N4O3/c1-17(2)10-18(11-21-5-7-25-8-6-21)12-22(9-14(17)18)16(24)13-3-4-15(23)20-19-13/h3-4,14H,5-12H2,1-2H3,(H,20,23)/t14-,18+/m1/s1. The van der Waals surface area contributed by atoms with Crippen LogP contribution in [0.3, 0.4) is 0 Å². The Hall–Kier alpha value is -1.73. The van der Waals surface area contributed by atoms with Gasteiger partial charge in [0, 0.05) is 44.2 Å². The number of aromatic nitrogens is 2. The number of carbonyl (C=O) groups excluding carboxylic acids is 1. The second-order valence-corrected chi connectivity index (χ2v) is 8.46. The van der Waals surface area contributed by atoms with E-state index in [9.17, 15) is 9.59 Å². The van der Waals surface area contributed by atoms with Crippen LogP contribution in [0.2, 0.25) is 0 Å². The summed E-state index contributed by atoms with van der Waals surface area (Å²) in [6, 6.07) is 2.87. The van der Waals surface area contributed by atoms with Crippen molar-refractivity contribution < 1.29 is 9.53 Å². The average molecular weight is 346 g/mol. The second-order valence-electron chi connectivity index (χ2n) is 8.46. The first kappa shape index (κ1) is 16.7. The molecule has 0 aromatic carbocycles. The predicted molar refractivity (Wildman–Crippen MR) is 92.3 cm³/mol. The fourth-order valence-corrected chi connectivity index (χ4v) is 5.32. The number of rotatable bonds is 3. The van der Waals surface area contributed by atoms with Gasteiger partial charge in [-0.15, -0.1) is 0 Å². The quantitative estimate of drug-likeness (QED) is 0.867. The van der Waals surface area contributed by atoms with Crippen LogP contribution in [0.15, 0.2) is 16.9 Å². The van der Waals surface area contributed by atoms with Gasteiger partial charge < -0.3 is 9.64 Å². The van der Waals surface area contributed by atoms with Gasteiger partial charge in [0.2, 0.25) is 0 Å². The second kappa shape index (κ2) is 5.92. The molecule has 0 radical (unpaired) electrons. The van der Waals surface area contributed by atoms with Gasteiger partial charge in [0.1, 0.15) is 5.69 Å². The van der Waals surface area contributed by atoms with Crippen LogP contribution in [0, 0.1) is 16.7 Å². The third-order valence-corrected chi connectivity index (χ3v) is 6.23. The number of hydrogen-bond donors (Lipinski definition) is 1. The zero-order valence-corrected chi connectivity index (χ0v) is 15.0. The Kier molecular flexibility index (Phi) is 3.96. The highest BCUT2D eigenvalue weighted by molar-refractivity contribution is 5.92. The molecule has 3 aliphatic rings. The SMILES string of the molecule is CC1(C)C[C@]2(CN3CCOCC3)CN(C(=O)c3ccc(=O)[nH]n3)C[C@H]12. The average Bonchev–Trinajstić information content (AvgIpc) is 2.90. The van der Waals surface area contributed by atoms with E-state index in [2.05, 4.69) is 28.9 Å². The summed E-state index contributed by atoms with van der Waals surface area (Å²) in [6.07, 6.45) is 1.14. The molecule has 2 atom stereocenters. The van der Waals surface area contributed by atoms with Gasteiger partial charge in [0.05, 0.1) is 13.2 Å². The summed E-state index contributed by atoms with van der Waals surface area (Å²) in [5.41, 5.74) is 0.474. The van der Waals surface area contributed by atoms with E-state index >= 15 is 0 Å². The molecule has 0 bridgehead atoms. The molecule has 136 valence electrons. The molecule has 0 spiro atoms. The van der Waals surface area contributed by atoms with Gasteiger partial charge in [-0.3, -0.25) is 14.5 Å². The fourth-order valence-electron chi connectivity index (χ4n) is 5.32. The number of morpholine rings is 1. The Bertz CT molecular complexity index is 705. The fraction of sp³-hybridized carbons (Fsp3) is 0.722. The van der Waals surface area contributed by atoms with Gasteiger partial charge in [-0.2, -0.15) is 5.10 Å². The molecule has 0 unspecified atom stereocenters. The molecule has 2 saturated heterocycles. The van der Waals surface area contributed by atoms with E-state index in [0.717, 1.165) is 52.4 Å². The van der Waals surface area contributed by atoms with Crippen LogP contribution in [0.25, 0.3) is 0 Å². The number of amides is 1. The van der Waals surface area contributed by atoms with Gasteiger partial charge in [-0.25, -0.2) is 5.10 Å². The third-order valence-electron chi connectivity index (χ3n) is 6.23. The van der Waals surface area contributed by atoms with Crippen LogP contribution in [-0.4, -0.2) is 71.8 Å². The van der Waals surface area contributed by atoms with Crippen molar-refractivity contribution in [2.24, 2.45) is 16.7 Å². The van der Waals surface area contributed by atoms with Crippen molar-refractivity contribution in [1.29, 1.82) is 0 Å². The lowest BCUT2D eigenvalue weighted by atomic mass is 9.48. The van der Waals surface area contributed by atoms with Crippen molar-refractivity contribution in [3.63, 3.8) is 0 Å². The van der Waals surface area contributed by atoms with Gasteiger partial charge in [-0.1, -0.05) is 13.8 Å². The molecule has 3 heterocycles. The molecule has 4 rings (SSSR count). The smallest absolute Gasteiger partial charge is 0.274 e. The van der Waals surface area contributed by atoms with Crippen molar-refractivity contribution in [3.8, 4) is 0 Å². The van der Waals surface area contributed by atoms with Crippen LogP contribution >= 0.6 is 0 Å². The summed E-state index contributed by atoms with van der Waals surface area (Å²) in [4.78, 5) is 28.4. The van der Waals surface area contributed by atoms with E-state index < -0.39 is 0 Å². The summed E-state index contributed by atoms with van der Waals surface area (Å²) >= 11 is 0. The lowest BCUT2D eigenvalue weighted by Gasteiger charge is -2.58. The van der Waals surface area contributed by atoms with Crippen LogP contribution in [-0.2, 0) is 4.74 Å². The van der Waals surface area contributed by atoms with Gasteiger partial charge >= 0.3 is 0 Å². The van der Waals surface area contributed by atoms with Crippen molar-refractivity contribution >= 4 is 5.91 Å². The Labute approximate surface area is 147 Å². The lowest BCUT2D eigenvalue weighted by Crippen LogP contribution is -2.59. The highest BCUT2D eigenvalue weighted by Gasteiger charge is 2.63. The van der Waals surface area contributed by atoms with Crippen LogP contribution < -0.4 is 5.56 Å². The Balaban J connectivity index is 1.52. The van der Waals surface area contributed by atoms with Crippen molar-refractivity contribution in [2.75, 3.05) is 45.9 Å². The molecule has 2 aliphatic heterocycles. The maximum atomic E-state index is 12.8. The highest BCUT2D eigenvalue weighted by atomic mass is 16.5. The maximum absolute atomic E-state index is 12.8. The Morgan fingerprint density at radius 1 is 1.36 bits per heavy atom. The molecule has 1 N–H and O–H groups in total. The number of H-pyrrole nitrogens is 1. The molecular formula is C18H26N4O3. The minimum atomic E-state index is -0.289. The summed E-state index contributed by atoms with van der Waals surface area (Å²) in [6.45, 7) is 10.8. The lowest BCUT2D eigenvalue weighted by molar-refractivity contribution is -0.0966. The summed E-state index contributed by atoms with van der Waals surface area (Å²) in [5, 5.41) is 6.27. The van der Waals surface area contributed by atoms with E-state index in [1.807, 2.05) is 4.90 Å². The maximum Gasteiger partial charge on any atom is 0.274 e. The minimum Gasteiger partial charge on any atom is -0.379 e. The number of carbonyl (C=O) groups is 1. The Morgan fingerprint density at radius 2 is 2.12 bits per heavy atom. The predicted octanol–water partition coefficient (Wildman–Crippen LogP) is 0.590. The van der Waals surface area contributed by atoms with Crippen LogP contribution in [0.4, 0.5) is 0 Å². The monoisotopic (exact) mass is 346 g/mol. The van der Waals surface area contributed by atoms with Crippen LogP contribution in [0.5, 0.6) is 0 Å². The number of likely N-dealkylation sites (tertiary alicyclic amines) is 1. The first-order chi connectivity index (χ1) is 11.9. The molecule has 1 saturated carbocycles.